The van der Waals surface area contributed by atoms with E-state index >= 15 is 0 Å². The number of methoxy groups -OCH3 is 1. The van der Waals surface area contributed by atoms with Crippen molar-refractivity contribution in [3.63, 3.8) is 0 Å². The van der Waals surface area contributed by atoms with Gasteiger partial charge in [0.15, 0.2) is 0 Å². The number of amides is 1. The van der Waals surface area contributed by atoms with E-state index in [1.54, 1.807) is 42.3 Å². The highest BCUT2D eigenvalue weighted by atomic mass is 79.9. The first kappa shape index (κ1) is 27.7. The Kier molecular flexibility index (Phi) is 9.03. The summed E-state index contributed by atoms with van der Waals surface area (Å²) in [6.45, 7) is 1.76. The quantitative estimate of drug-likeness (QED) is 0.339. The largest absolute Gasteiger partial charge is 0.495 e. The zero-order chi connectivity index (χ0) is 26.6. The van der Waals surface area contributed by atoms with E-state index in [4.69, 9.17) is 27.9 Å². The molecule has 0 spiro atoms. The van der Waals surface area contributed by atoms with Gasteiger partial charge in [-0.15, -0.1) is 0 Å². The van der Waals surface area contributed by atoms with Crippen molar-refractivity contribution in [1.82, 2.24) is 9.21 Å². The molecule has 0 aromatic heterocycles. The van der Waals surface area contributed by atoms with E-state index in [-0.39, 0.29) is 23.9 Å². The summed E-state index contributed by atoms with van der Waals surface area (Å²) in [5, 5.41) is 0.779. The van der Waals surface area contributed by atoms with Gasteiger partial charge in [0.1, 0.15) is 5.75 Å². The second-order valence-electron chi connectivity index (χ2n) is 8.50. The van der Waals surface area contributed by atoms with Crippen LogP contribution in [0.3, 0.4) is 0 Å². The van der Waals surface area contributed by atoms with Gasteiger partial charge >= 0.3 is 0 Å². The Hall–Kier alpha value is -2.30. The number of piperazine rings is 1. The second kappa shape index (κ2) is 12.0. The number of halogens is 3. The summed E-state index contributed by atoms with van der Waals surface area (Å²) in [6.07, 6.45) is 0. The Balaban J connectivity index is 1.52. The molecule has 3 aromatic carbocycles. The van der Waals surface area contributed by atoms with E-state index in [0.717, 1.165) is 15.9 Å². The molecule has 1 saturated heterocycles. The fraction of sp³-hybridized carbons (Fsp3) is 0.269. The van der Waals surface area contributed by atoms with Crippen LogP contribution in [0.15, 0.2) is 76.1 Å². The van der Waals surface area contributed by atoms with Gasteiger partial charge < -0.3 is 14.5 Å². The summed E-state index contributed by atoms with van der Waals surface area (Å²) >= 11 is 15.7. The number of rotatable bonds is 8. The van der Waals surface area contributed by atoms with E-state index in [1.807, 2.05) is 24.3 Å². The van der Waals surface area contributed by atoms with E-state index in [2.05, 4.69) is 20.8 Å². The van der Waals surface area contributed by atoms with Crippen LogP contribution in [0.4, 0.5) is 5.69 Å². The summed E-state index contributed by atoms with van der Waals surface area (Å²) in [7, 11) is -2.36. The Bertz CT molecular complexity index is 1360. The van der Waals surface area contributed by atoms with Crippen molar-refractivity contribution in [3.05, 3.63) is 86.8 Å². The molecule has 0 aliphatic carbocycles. The van der Waals surface area contributed by atoms with Gasteiger partial charge in [0.2, 0.25) is 15.9 Å². The number of anilines is 1. The van der Waals surface area contributed by atoms with Gasteiger partial charge in [0, 0.05) is 47.2 Å². The van der Waals surface area contributed by atoms with Crippen molar-refractivity contribution in [1.29, 1.82) is 0 Å². The number of ether oxygens (including phenoxy) is 1. The number of sulfonamides is 1. The van der Waals surface area contributed by atoms with Crippen LogP contribution < -0.4 is 9.64 Å². The van der Waals surface area contributed by atoms with Crippen LogP contribution in [0.2, 0.25) is 10.0 Å². The van der Waals surface area contributed by atoms with Gasteiger partial charge in [0.05, 0.1) is 24.2 Å². The van der Waals surface area contributed by atoms with E-state index in [9.17, 15) is 13.2 Å². The summed E-state index contributed by atoms with van der Waals surface area (Å²) < 4.78 is 34.6. The number of para-hydroxylation sites is 2. The molecular formula is C26H26BrCl2N3O4S. The Labute approximate surface area is 235 Å². The van der Waals surface area contributed by atoms with E-state index < -0.39 is 10.0 Å². The predicted octanol–water partition coefficient (Wildman–Crippen LogP) is 5.30. The first-order valence-corrected chi connectivity index (χ1v) is 14.5. The van der Waals surface area contributed by atoms with E-state index in [1.165, 1.54) is 16.4 Å². The minimum absolute atomic E-state index is 0.0681. The third-order valence-electron chi connectivity index (χ3n) is 6.18. The first-order valence-electron chi connectivity index (χ1n) is 11.5. The summed E-state index contributed by atoms with van der Waals surface area (Å²) in [4.78, 5) is 17.3. The van der Waals surface area contributed by atoms with Crippen molar-refractivity contribution in [2.24, 2.45) is 0 Å². The molecule has 1 heterocycles. The molecule has 196 valence electrons. The molecule has 11 heteroatoms. The Morgan fingerprint density at radius 3 is 2.32 bits per heavy atom. The Morgan fingerprint density at radius 2 is 1.68 bits per heavy atom. The summed E-state index contributed by atoms with van der Waals surface area (Å²) in [6, 6.07) is 18.9. The lowest BCUT2D eigenvalue weighted by Crippen LogP contribution is -2.51. The van der Waals surface area contributed by atoms with Crippen LogP contribution in [0.5, 0.6) is 5.75 Å². The average Bonchev–Trinajstić information content (AvgIpc) is 2.90. The zero-order valence-electron chi connectivity index (χ0n) is 20.1. The lowest BCUT2D eigenvalue weighted by Gasteiger charge is -2.37. The van der Waals surface area contributed by atoms with E-state index in [0.29, 0.717) is 41.8 Å². The standard InChI is InChI=1S/C26H26BrCl2N3O4S/c1-36-25-5-3-2-4-24(25)30-12-14-31(15-13-30)26(33)18-32(17-19-6-9-21(28)16-23(19)29)37(34,35)22-10-7-20(27)8-11-22/h2-11,16H,12-15,17-18H2,1H3. The first-order chi connectivity index (χ1) is 17.7. The maximum atomic E-state index is 13.6. The lowest BCUT2D eigenvalue weighted by molar-refractivity contribution is -0.131. The van der Waals surface area contributed by atoms with Crippen molar-refractivity contribution in [2.45, 2.75) is 11.4 Å². The van der Waals surface area contributed by atoms with Crippen molar-refractivity contribution in [2.75, 3.05) is 44.7 Å². The number of hydrogen-bond acceptors (Lipinski definition) is 5. The molecule has 0 saturated carbocycles. The van der Waals surface area contributed by atoms with Crippen molar-refractivity contribution >= 4 is 60.7 Å². The molecule has 0 N–H and O–H groups in total. The Morgan fingerprint density at radius 1 is 1.00 bits per heavy atom. The molecule has 1 amide bonds. The fourth-order valence-corrected chi connectivity index (χ4v) is 6.26. The zero-order valence-corrected chi connectivity index (χ0v) is 24.0. The van der Waals surface area contributed by atoms with Crippen LogP contribution in [0.25, 0.3) is 0 Å². The molecule has 0 atom stereocenters. The number of nitrogens with zero attached hydrogens (tertiary/aromatic N) is 3. The number of hydrogen-bond donors (Lipinski definition) is 0. The van der Waals surface area contributed by atoms with Crippen LogP contribution in [-0.4, -0.2) is 63.4 Å². The lowest BCUT2D eigenvalue weighted by atomic mass is 10.2. The van der Waals surface area contributed by atoms with Gasteiger partial charge in [-0.1, -0.05) is 57.3 Å². The molecule has 4 rings (SSSR count). The minimum atomic E-state index is -3.99. The molecule has 0 radical (unpaired) electrons. The number of benzene rings is 3. The molecule has 1 fully saturated rings. The van der Waals surface area contributed by atoms with Crippen LogP contribution in [0, 0.1) is 0 Å². The monoisotopic (exact) mass is 625 g/mol. The molecule has 37 heavy (non-hydrogen) atoms. The topological polar surface area (TPSA) is 70.2 Å². The molecule has 1 aliphatic rings. The van der Waals surface area contributed by atoms with Crippen molar-refractivity contribution < 1.29 is 17.9 Å². The smallest absolute Gasteiger partial charge is 0.243 e. The van der Waals surface area contributed by atoms with Gasteiger partial charge in [0.25, 0.3) is 0 Å². The molecule has 3 aromatic rings. The predicted molar refractivity (Wildman–Crippen MR) is 150 cm³/mol. The molecular weight excluding hydrogens is 601 g/mol. The van der Waals surface area contributed by atoms with Crippen LogP contribution in [0.1, 0.15) is 5.56 Å². The maximum absolute atomic E-state index is 13.6. The van der Waals surface area contributed by atoms with Gasteiger partial charge in [-0.3, -0.25) is 4.79 Å². The highest BCUT2D eigenvalue weighted by molar-refractivity contribution is 9.10. The molecule has 0 bridgehead atoms. The van der Waals surface area contributed by atoms with Crippen molar-refractivity contribution in [3.8, 4) is 5.75 Å². The molecule has 1 aliphatic heterocycles. The van der Waals surface area contributed by atoms with Gasteiger partial charge in [-0.05, 0) is 54.1 Å². The summed E-state index contributed by atoms with van der Waals surface area (Å²) in [5.41, 5.74) is 1.52. The highest BCUT2D eigenvalue weighted by Gasteiger charge is 2.31. The van der Waals surface area contributed by atoms with Gasteiger partial charge in [-0.2, -0.15) is 4.31 Å². The molecule has 7 nitrogen and oxygen atoms in total. The SMILES string of the molecule is COc1ccccc1N1CCN(C(=O)CN(Cc2ccc(Cl)cc2Cl)S(=O)(=O)c2ccc(Br)cc2)CC1. The second-order valence-corrected chi connectivity index (χ2v) is 12.2. The minimum Gasteiger partial charge on any atom is -0.495 e. The number of carbonyl (C=O) groups excluding carboxylic acids is 1. The van der Waals surface area contributed by atoms with Gasteiger partial charge in [-0.25, -0.2) is 8.42 Å². The maximum Gasteiger partial charge on any atom is 0.243 e. The normalized spacial score (nSPS) is 14.2. The summed E-state index contributed by atoms with van der Waals surface area (Å²) in [5.74, 6) is 0.499. The fourth-order valence-electron chi connectivity index (χ4n) is 4.16. The van der Waals surface area contributed by atoms with Crippen LogP contribution in [-0.2, 0) is 21.4 Å². The number of carbonyl (C=O) groups is 1. The highest BCUT2D eigenvalue weighted by Crippen LogP contribution is 2.29. The third-order valence-corrected chi connectivity index (χ3v) is 9.10. The average molecular weight is 627 g/mol. The molecule has 0 unspecified atom stereocenters. The third kappa shape index (κ3) is 6.59. The van der Waals surface area contributed by atoms with Crippen LogP contribution >= 0.6 is 39.1 Å².